The van der Waals surface area contributed by atoms with Gasteiger partial charge in [0, 0.05) is 5.56 Å². The lowest BCUT2D eigenvalue weighted by Gasteiger charge is -2.39. The largest absolute Gasteiger partial charge is 0.506 e. The van der Waals surface area contributed by atoms with Crippen molar-refractivity contribution in [1.82, 2.24) is 0 Å². The summed E-state index contributed by atoms with van der Waals surface area (Å²) in [5.74, 6) is -0.867. The summed E-state index contributed by atoms with van der Waals surface area (Å²) in [4.78, 5) is 11.9. The topological polar surface area (TPSA) is 146 Å². The maximum Gasteiger partial charge on any atom is 0.342 e. The zero-order valence-corrected chi connectivity index (χ0v) is 14.0. The van der Waals surface area contributed by atoms with Crippen LogP contribution in [0.2, 0.25) is 0 Å². The lowest BCUT2D eigenvalue weighted by Crippen LogP contribution is -2.60. The van der Waals surface area contributed by atoms with Crippen LogP contribution in [0.3, 0.4) is 0 Å². The third-order valence-corrected chi connectivity index (χ3v) is 4.84. The van der Waals surface area contributed by atoms with E-state index in [-0.39, 0.29) is 29.1 Å². The number of aromatic hydroxyl groups is 1. The van der Waals surface area contributed by atoms with E-state index in [9.17, 15) is 30.3 Å². The monoisotopic (exact) mass is 378 g/mol. The Hall–Kier alpha value is -2.43. The number of aliphatic hydroxyl groups excluding tert-OH is 4. The Morgan fingerprint density at radius 3 is 2.67 bits per heavy atom. The number of phenols is 1. The van der Waals surface area contributed by atoms with Crippen LogP contribution in [-0.2, 0) is 16.1 Å². The first-order valence-corrected chi connectivity index (χ1v) is 8.34. The Labute approximate surface area is 152 Å². The first-order valence-electron chi connectivity index (χ1n) is 8.34. The Balaban J connectivity index is 1.74. The third kappa shape index (κ3) is 2.80. The van der Waals surface area contributed by atoms with Crippen LogP contribution in [0, 0.1) is 0 Å². The molecule has 1 fully saturated rings. The van der Waals surface area contributed by atoms with Crippen LogP contribution in [0.15, 0.2) is 24.3 Å². The van der Waals surface area contributed by atoms with E-state index in [0.29, 0.717) is 10.9 Å². The predicted molar refractivity (Wildman–Crippen MR) is 89.1 cm³/mol. The highest BCUT2D eigenvalue weighted by Gasteiger charge is 2.45. The number of fused-ring (bicyclic) bond motifs is 2. The van der Waals surface area contributed by atoms with E-state index >= 15 is 0 Å². The van der Waals surface area contributed by atoms with Gasteiger partial charge in [0.2, 0.25) is 6.29 Å². The van der Waals surface area contributed by atoms with E-state index in [1.165, 1.54) is 6.07 Å². The van der Waals surface area contributed by atoms with Gasteiger partial charge in [-0.1, -0.05) is 12.1 Å². The van der Waals surface area contributed by atoms with Gasteiger partial charge in [0.1, 0.15) is 48.1 Å². The molecule has 1 saturated heterocycles. The average Bonchev–Trinajstić information content (AvgIpc) is 3.03. The summed E-state index contributed by atoms with van der Waals surface area (Å²) in [7, 11) is 0. The van der Waals surface area contributed by atoms with Crippen LogP contribution in [0.25, 0.3) is 10.8 Å². The summed E-state index contributed by atoms with van der Waals surface area (Å²) < 4.78 is 15.9. The van der Waals surface area contributed by atoms with Gasteiger partial charge in [0.05, 0.1) is 12.0 Å². The van der Waals surface area contributed by atoms with Gasteiger partial charge in [0.25, 0.3) is 0 Å². The first kappa shape index (κ1) is 18.0. The third-order valence-electron chi connectivity index (χ3n) is 4.84. The fraction of sp³-hybridized carbons (Fsp3) is 0.389. The highest BCUT2D eigenvalue weighted by molar-refractivity contribution is 6.06. The molecule has 0 spiro atoms. The Bertz CT molecular complexity index is 894. The minimum atomic E-state index is -1.60. The Morgan fingerprint density at radius 2 is 1.93 bits per heavy atom. The Kier molecular flexibility index (Phi) is 4.41. The second-order valence-corrected chi connectivity index (χ2v) is 6.50. The van der Waals surface area contributed by atoms with Gasteiger partial charge in [-0.15, -0.1) is 0 Å². The van der Waals surface area contributed by atoms with Crippen molar-refractivity contribution >= 4 is 16.7 Å². The number of aliphatic hydroxyl groups is 4. The minimum absolute atomic E-state index is 0.0485. The summed E-state index contributed by atoms with van der Waals surface area (Å²) in [6.07, 6.45) is -7.24. The molecule has 0 aromatic heterocycles. The molecule has 2 aliphatic heterocycles. The van der Waals surface area contributed by atoms with Gasteiger partial charge in [-0.25, -0.2) is 4.79 Å². The molecule has 0 unspecified atom stereocenters. The second-order valence-electron chi connectivity index (χ2n) is 6.50. The zero-order valence-electron chi connectivity index (χ0n) is 14.0. The van der Waals surface area contributed by atoms with Crippen molar-refractivity contribution in [1.29, 1.82) is 0 Å². The number of carbonyl (C=O) groups excluding carboxylic acids is 1. The molecule has 0 bridgehead atoms. The molecule has 4 rings (SSSR count). The van der Waals surface area contributed by atoms with Gasteiger partial charge >= 0.3 is 5.97 Å². The molecule has 0 saturated carbocycles. The van der Waals surface area contributed by atoms with Gasteiger partial charge in [-0.3, -0.25) is 0 Å². The van der Waals surface area contributed by atoms with Crippen LogP contribution in [-0.4, -0.2) is 68.8 Å². The molecule has 9 nitrogen and oxygen atoms in total. The molecular formula is C18H18O9. The molecule has 5 N–H and O–H groups in total. The fourth-order valence-corrected chi connectivity index (χ4v) is 3.40. The molecule has 2 heterocycles. The van der Waals surface area contributed by atoms with E-state index in [1.54, 1.807) is 18.2 Å². The number of rotatable bonds is 3. The summed E-state index contributed by atoms with van der Waals surface area (Å²) in [5, 5.41) is 50.5. The van der Waals surface area contributed by atoms with E-state index in [4.69, 9.17) is 14.2 Å². The number of cyclic esters (lactones) is 1. The standard InChI is InChI=1S/C18H18O9/c19-5-10-13(20)15(22)16(23)18(27-10)26-9-3-1-2-7-4-8-6-25-17(24)12(8)14(21)11(7)9/h1-4,10,13,15-16,18-23H,5-6H2/t10-,13-,15+,16-,18-/m1/s1. The van der Waals surface area contributed by atoms with Gasteiger partial charge in [-0.05, 0) is 17.5 Å². The van der Waals surface area contributed by atoms with Crippen molar-refractivity contribution < 1.29 is 44.5 Å². The number of carbonyl (C=O) groups is 1. The van der Waals surface area contributed by atoms with E-state index < -0.39 is 43.3 Å². The molecule has 0 radical (unpaired) electrons. The lowest BCUT2D eigenvalue weighted by atomic mass is 9.98. The summed E-state index contributed by atoms with van der Waals surface area (Å²) in [5.41, 5.74) is 0.599. The number of benzene rings is 2. The van der Waals surface area contributed by atoms with Gasteiger partial charge in [0.15, 0.2) is 0 Å². The molecular weight excluding hydrogens is 360 g/mol. The van der Waals surface area contributed by atoms with E-state index in [2.05, 4.69) is 0 Å². The van der Waals surface area contributed by atoms with Crippen LogP contribution >= 0.6 is 0 Å². The quantitative estimate of drug-likeness (QED) is 0.442. The number of ether oxygens (including phenoxy) is 3. The second kappa shape index (κ2) is 6.63. The molecule has 2 aromatic rings. The summed E-state index contributed by atoms with van der Waals surface area (Å²) in [6.45, 7) is -0.527. The maximum atomic E-state index is 11.9. The number of phenolic OH excluding ortho intramolecular Hbond substituents is 1. The first-order chi connectivity index (χ1) is 12.9. The Morgan fingerprint density at radius 1 is 1.15 bits per heavy atom. The van der Waals surface area contributed by atoms with Crippen molar-refractivity contribution in [3.05, 3.63) is 35.4 Å². The zero-order chi connectivity index (χ0) is 19.3. The highest BCUT2D eigenvalue weighted by atomic mass is 16.7. The summed E-state index contributed by atoms with van der Waals surface area (Å²) >= 11 is 0. The van der Waals surface area contributed by atoms with Crippen molar-refractivity contribution in [3.63, 3.8) is 0 Å². The SMILES string of the molecule is O=C1OCc2cc3cccc(O[C@@H]4O[C@H](CO)[C@@H](O)[C@H](O)[C@H]4O)c3c(O)c21. The number of esters is 1. The van der Waals surface area contributed by atoms with Crippen LogP contribution in [0.1, 0.15) is 15.9 Å². The average molecular weight is 378 g/mol. The molecule has 27 heavy (non-hydrogen) atoms. The fourth-order valence-electron chi connectivity index (χ4n) is 3.40. The highest BCUT2D eigenvalue weighted by Crippen LogP contribution is 2.41. The molecule has 2 aliphatic rings. The van der Waals surface area contributed by atoms with E-state index in [0.717, 1.165) is 0 Å². The maximum absolute atomic E-state index is 11.9. The molecule has 9 heteroatoms. The normalized spacial score (nSPS) is 30.2. The van der Waals surface area contributed by atoms with Crippen LogP contribution < -0.4 is 4.74 Å². The predicted octanol–water partition coefficient (Wildman–Crippen LogP) is -0.606. The molecule has 0 aliphatic carbocycles. The molecule has 5 atom stereocenters. The number of hydrogen-bond acceptors (Lipinski definition) is 9. The minimum Gasteiger partial charge on any atom is -0.506 e. The number of hydrogen-bond donors (Lipinski definition) is 5. The molecule has 0 amide bonds. The molecule has 2 aromatic carbocycles. The van der Waals surface area contributed by atoms with Gasteiger partial charge < -0.3 is 39.7 Å². The molecule has 144 valence electrons. The van der Waals surface area contributed by atoms with Crippen molar-refractivity contribution in [2.24, 2.45) is 0 Å². The summed E-state index contributed by atoms with van der Waals surface area (Å²) in [6, 6.07) is 6.54. The smallest absolute Gasteiger partial charge is 0.342 e. The van der Waals surface area contributed by atoms with Gasteiger partial charge in [-0.2, -0.15) is 0 Å². The van der Waals surface area contributed by atoms with E-state index in [1.807, 2.05) is 0 Å². The van der Waals surface area contributed by atoms with Crippen LogP contribution in [0.5, 0.6) is 11.5 Å². The van der Waals surface area contributed by atoms with Crippen molar-refractivity contribution in [2.75, 3.05) is 6.61 Å². The van der Waals surface area contributed by atoms with Crippen molar-refractivity contribution in [2.45, 2.75) is 37.3 Å². The lowest BCUT2D eigenvalue weighted by molar-refractivity contribution is -0.277. The van der Waals surface area contributed by atoms with Crippen LogP contribution in [0.4, 0.5) is 0 Å². The van der Waals surface area contributed by atoms with Crippen molar-refractivity contribution in [3.8, 4) is 11.5 Å².